The molecule has 0 saturated carbocycles. The van der Waals surface area contributed by atoms with Crippen LogP contribution in [0.5, 0.6) is 5.75 Å². The van der Waals surface area contributed by atoms with Crippen molar-refractivity contribution in [1.29, 1.82) is 0 Å². The van der Waals surface area contributed by atoms with Gasteiger partial charge < -0.3 is 20.1 Å². The Balaban J connectivity index is 1.64. The third kappa shape index (κ3) is 5.74. The number of carbonyl (C=O) groups is 2. The van der Waals surface area contributed by atoms with E-state index in [0.29, 0.717) is 19.8 Å². The van der Waals surface area contributed by atoms with Crippen LogP contribution in [-0.4, -0.2) is 56.7 Å². The average molecular weight is 419 g/mol. The highest BCUT2D eigenvalue weighted by Crippen LogP contribution is 2.23. The summed E-state index contributed by atoms with van der Waals surface area (Å²) in [6.45, 7) is 3.33. The van der Waals surface area contributed by atoms with Gasteiger partial charge in [0.2, 0.25) is 5.91 Å². The number of hydrogen-bond donors (Lipinski definition) is 2. The van der Waals surface area contributed by atoms with E-state index in [-0.39, 0.29) is 35.0 Å². The molecule has 2 amide bonds. The Morgan fingerprint density at radius 3 is 2.60 bits per heavy atom. The molecule has 0 unspecified atom stereocenters. The number of nitrogens with zero attached hydrogens (tertiary/aromatic N) is 1. The minimum absolute atomic E-state index is 0.00192. The molecule has 0 radical (unpaired) electrons. The molecule has 1 aliphatic heterocycles. The quantitative estimate of drug-likeness (QED) is 0.722. The summed E-state index contributed by atoms with van der Waals surface area (Å²) >= 11 is 0. The summed E-state index contributed by atoms with van der Waals surface area (Å²) in [5.41, 5.74) is 0.195. The van der Waals surface area contributed by atoms with Crippen molar-refractivity contribution in [3.8, 4) is 5.75 Å². The Morgan fingerprint density at radius 2 is 1.87 bits per heavy atom. The highest BCUT2D eigenvalue weighted by Gasteiger charge is 2.16. The van der Waals surface area contributed by atoms with Gasteiger partial charge in [0.1, 0.15) is 17.4 Å². The van der Waals surface area contributed by atoms with Gasteiger partial charge in [-0.3, -0.25) is 14.5 Å². The number of morpholine rings is 1. The predicted octanol–water partition coefficient (Wildman–Crippen LogP) is 2.89. The first-order chi connectivity index (χ1) is 14.5. The fraction of sp³-hybridized carbons (Fsp3) is 0.333. The van der Waals surface area contributed by atoms with Crippen molar-refractivity contribution in [3.05, 3.63) is 53.6 Å². The number of methoxy groups -OCH3 is 1. The number of ether oxygens (including phenoxy) is 2. The highest BCUT2D eigenvalue weighted by atomic mass is 19.1. The van der Waals surface area contributed by atoms with Crippen LogP contribution in [0.2, 0.25) is 0 Å². The molecule has 0 aromatic heterocycles. The normalized spacial score (nSPS) is 14.2. The summed E-state index contributed by atoms with van der Waals surface area (Å²) in [7, 11) is 1.37. The van der Waals surface area contributed by atoms with Crippen molar-refractivity contribution in [3.63, 3.8) is 0 Å². The van der Waals surface area contributed by atoms with Crippen molar-refractivity contribution >= 4 is 23.2 Å². The first-order valence-corrected chi connectivity index (χ1v) is 9.50. The number of carbonyl (C=O) groups excluding carboxylic acids is 2. The van der Waals surface area contributed by atoms with Crippen LogP contribution >= 0.6 is 0 Å². The molecule has 7 nitrogen and oxygen atoms in total. The van der Waals surface area contributed by atoms with Gasteiger partial charge in [-0.2, -0.15) is 0 Å². The minimum atomic E-state index is -0.629. The van der Waals surface area contributed by atoms with Crippen molar-refractivity contribution in [2.75, 3.05) is 50.6 Å². The van der Waals surface area contributed by atoms with E-state index in [1.807, 2.05) is 0 Å². The lowest BCUT2D eigenvalue weighted by molar-refractivity contribution is -0.116. The Bertz CT molecular complexity index is 917. The van der Waals surface area contributed by atoms with Crippen LogP contribution in [0.1, 0.15) is 16.8 Å². The SMILES string of the molecule is COc1ccc(F)cc1C(=O)Nc1ccc(F)c(NC(=O)CCN2CCOCC2)c1. The zero-order valence-corrected chi connectivity index (χ0v) is 16.5. The summed E-state index contributed by atoms with van der Waals surface area (Å²) in [4.78, 5) is 26.8. The molecule has 0 spiro atoms. The Morgan fingerprint density at radius 1 is 1.10 bits per heavy atom. The first-order valence-electron chi connectivity index (χ1n) is 9.50. The molecule has 2 N–H and O–H groups in total. The smallest absolute Gasteiger partial charge is 0.259 e. The molecule has 2 aromatic carbocycles. The number of halogens is 2. The summed E-state index contributed by atoms with van der Waals surface area (Å²) in [5, 5.41) is 5.09. The van der Waals surface area contributed by atoms with E-state index in [9.17, 15) is 18.4 Å². The second-order valence-electron chi connectivity index (χ2n) is 6.75. The molecular weight excluding hydrogens is 396 g/mol. The van der Waals surface area contributed by atoms with Gasteiger partial charge in [-0.25, -0.2) is 8.78 Å². The molecule has 1 aliphatic rings. The summed E-state index contributed by atoms with van der Waals surface area (Å²) < 4.78 is 38.0. The molecule has 2 aromatic rings. The summed E-state index contributed by atoms with van der Waals surface area (Å²) in [6, 6.07) is 7.36. The van der Waals surface area contributed by atoms with Crippen LogP contribution < -0.4 is 15.4 Å². The molecule has 9 heteroatoms. The fourth-order valence-corrected chi connectivity index (χ4v) is 3.05. The molecule has 160 valence electrons. The Labute approximate surface area is 173 Å². The molecule has 3 rings (SSSR count). The number of amides is 2. The average Bonchev–Trinajstić information content (AvgIpc) is 2.75. The molecule has 0 bridgehead atoms. The lowest BCUT2D eigenvalue weighted by Gasteiger charge is -2.26. The molecule has 1 heterocycles. The van der Waals surface area contributed by atoms with Gasteiger partial charge in [-0.1, -0.05) is 0 Å². The van der Waals surface area contributed by atoms with Crippen LogP contribution in [0.3, 0.4) is 0 Å². The Kier molecular flexibility index (Phi) is 7.31. The lowest BCUT2D eigenvalue weighted by atomic mass is 10.1. The molecule has 1 fully saturated rings. The monoisotopic (exact) mass is 419 g/mol. The second-order valence-corrected chi connectivity index (χ2v) is 6.75. The zero-order chi connectivity index (χ0) is 21.5. The number of rotatable bonds is 7. The highest BCUT2D eigenvalue weighted by molar-refractivity contribution is 6.06. The van der Waals surface area contributed by atoms with Crippen LogP contribution in [0.25, 0.3) is 0 Å². The van der Waals surface area contributed by atoms with Gasteiger partial charge in [0.25, 0.3) is 5.91 Å². The van der Waals surface area contributed by atoms with Crippen molar-refractivity contribution in [2.24, 2.45) is 0 Å². The van der Waals surface area contributed by atoms with Gasteiger partial charge in [-0.15, -0.1) is 0 Å². The van der Waals surface area contributed by atoms with E-state index >= 15 is 0 Å². The largest absolute Gasteiger partial charge is 0.496 e. The molecule has 0 atom stereocenters. The van der Waals surface area contributed by atoms with E-state index in [4.69, 9.17) is 9.47 Å². The molecule has 0 aliphatic carbocycles. The topological polar surface area (TPSA) is 79.9 Å². The van der Waals surface area contributed by atoms with E-state index < -0.39 is 17.5 Å². The summed E-state index contributed by atoms with van der Waals surface area (Å²) in [5.74, 6) is -1.98. The van der Waals surface area contributed by atoms with E-state index in [2.05, 4.69) is 15.5 Å². The van der Waals surface area contributed by atoms with E-state index in [1.54, 1.807) is 0 Å². The van der Waals surface area contributed by atoms with Crippen LogP contribution in [0, 0.1) is 11.6 Å². The standard InChI is InChI=1S/C21H23F2N3O4/c1-29-19-5-2-14(22)12-16(19)21(28)24-15-3-4-17(23)18(13-15)25-20(27)6-7-26-8-10-30-11-9-26/h2-5,12-13H,6-11H2,1H3,(H,24,28)(H,25,27). The lowest BCUT2D eigenvalue weighted by Crippen LogP contribution is -2.38. The van der Waals surface area contributed by atoms with Crippen LogP contribution in [-0.2, 0) is 9.53 Å². The maximum absolute atomic E-state index is 14.1. The van der Waals surface area contributed by atoms with Gasteiger partial charge in [0, 0.05) is 31.7 Å². The van der Waals surface area contributed by atoms with Crippen molar-refractivity contribution in [1.82, 2.24) is 4.90 Å². The van der Waals surface area contributed by atoms with Gasteiger partial charge in [0.15, 0.2) is 0 Å². The Hall–Kier alpha value is -3.04. The molecular formula is C21H23F2N3O4. The van der Waals surface area contributed by atoms with Crippen molar-refractivity contribution < 1.29 is 27.8 Å². The maximum atomic E-state index is 14.1. The van der Waals surface area contributed by atoms with E-state index in [0.717, 1.165) is 25.2 Å². The number of hydrogen-bond acceptors (Lipinski definition) is 5. The number of anilines is 2. The molecule has 1 saturated heterocycles. The predicted molar refractivity (Wildman–Crippen MR) is 108 cm³/mol. The van der Waals surface area contributed by atoms with Gasteiger partial charge in [-0.05, 0) is 36.4 Å². The van der Waals surface area contributed by atoms with Gasteiger partial charge in [0.05, 0.1) is 31.6 Å². The van der Waals surface area contributed by atoms with Gasteiger partial charge >= 0.3 is 0 Å². The third-order valence-corrected chi connectivity index (χ3v) is 4.66. The first kappa shape index (κ1) is 21.7. The molecule has 30 heavy (non-hydrogen) atoms. The van der Waals surface area contributed by atoms with Crippen LogP contribution in [0.15, 0.2) is 36.4 Å². The van der Waals surface area contributed by atoms with E-state index in [1.165, 1.54) is 31.4 Å². The minimum Gasteiger partial charge on any atom is -0.496 e. The maximum Gasteiger partial charge on any atom is 0.259 e. The number of benzene rings is 2. The third-order valence-electron chi connectivity index (χ3n) is 4.66. The van der Waals surface area contributed by atoms with Crippen molar-refractivity contribution in [2.45, 2.75) is 6.42 Å². The number of nitrogens with one attached hydrogen (secondary N) is 2. The fourth-order valence-electron chi connectivity index (χ4n) is 3.05. The second kappa shape index (κ2) is 10.1. The van der Waals surface area contributed by atoms with Crippen LogP contribution in [0.4, 0.5) is 20.2 Å². The summed E-state index contributed by atoms with van der Waals surface area (Å²) in [6.07, 6.45) is 0.205. The zero-order valence-electron chi connectivity index (χ0n) is 16.5.